The fourth-order valence-corrected chi connectivity index (χ4v) is 5.02. The highest BCUT2D eigenvalue weighted by molar-refractivity contribution is 7.92. The van der Waals surface area contributed by atoms with Crippen molar-refractivity contribution in [2.24, 2.45) is 0 Å². The van der Waals surface area contributed by atoms with Crippen LogP contribution in [0.5, 0.6) is 5.75 Å². The van der Waals surface area contributed by atoms with Gasteiger partial charge in [-0.2, -0.15) is 0 Å². The Morgan fingerprint density at radius 3 is 2.86 bits per heavy atom. The molecule has 144 valence electrons. The van der Waals surface area contributed by atoms with Crippen molar-refractivity contribution in [3.05, 3.63) is 65.2 Å². The van der Waals surface area contributed by atoms with Crippen LogP contribution in [0.15, 0.2) is 58.9 Å². The summed E-state index contributed by atoms with van der Waals surface area (Å²) in [6.45, 7) is 2.25. The molecule has 3 aromatic rings. The van der Waals surface area contributed by atoms with Crippen LogP contribution < -0.4 is 14.4 Å². The molecule has 2 aromatic carbocycles. The minimum Gasteiger partial charge on any atom is -0.489 e. The van der Waals surface area contributed by atoms with E-state index in [1.807, 2.05) is 13.0 Å². The van der Waals surface area contributed by atoms with Gasteiger partial charge >= 0.3 is 0 Å². The lowest BCUT2D eigenvalue weighted by molar-refractivity contribution is 0.102. The number of aryl methyl sites for hydroxylation is 1. The predicted molar refractivity (Wildman–Crippen MR) is 108 cm³/mol. The maximum Gasteiger partial charge on any atom is 0.264 e. The van der Waals surface area contributed by atoms with Crippen molar-refractivity contribution in [3.8, 4) is 5.75 Å². The molecule has 0 fully saturated rings. The van der Waals surface area contributed by atoms with E-state index in [1.54, 1.807) is 41.9 Å². The average molecular weight is 415 g/mol. The molecule has 1 aromatic heterocycles. The van der Waals surface area contributed by atoms with Gasteiger partial charge in [-0.05, 0) is 42.8 Å². The minimum atomic E-state index is -3.78. The number of nitrogens with zero attached hydrogens (tertiary/aromatic N) is 2. The Hall–Kier alpha value is -2.91. The molecule has 0 unspecified atom stereocenters. The Kier molecular flexibility index (Phi) is 4.78. The number of carbonyl (C=O) groups excluding carboxylic acids is 1. The van der Waals surface area contributed by atoms with Crippen LogP contribution in [0.3, 0.4) is 0 Å². The van der Waals surface area contributed by atoms with Crippen LogP contribution in [0.25, 0.3) is 0 Å². The van der Waals surface area contributed by atoms with Crippen LogP contribution in [-0.2, 0) is 10.0 Å². The number of fused-ring (bicyclic) bond motifs is 1. The van der Waals surface area contributed by atoms with Gasteiger partial charge in [-0.3, -0.25) is 14.4 Å². The molecule has 0 radical (unpaired) electrons. The molecule has 4 rings (SSSR count). The highest BCUT2D eigenvalue weighted by Gasteiger charge is 2.31. The first kappa shape index (κ1) is 18.5. The highest BCUT2D eigenvalue weighted by atomic mass is 32.2. The Morgan fingerprint density at radius 2 is 2.11 bits per heavy atom. The van der Waals surface area contributed by atoms with Crippen molar-refractivity contribution in [1.29, 1.82) is 0 Å². The van der Waals surface area contributed by atoms with Crippen molar-refractivity contribution in [2.45, 2.75) is 11.8 Å². The Morgan fingerprint density at radius 1 is 1.25 bits per heavy atom. The number of hydrogen-bond donors (Lipinski definition) is 1. The van der Waals surface area contributed by atoms with Crippen LogP contribution in [0, 0.1) is 6.92 Å². The zero-order valence-corrected chi connectivity index (χ0v) is 16.6. The second-order valence-electron chi connectivity index (χ2n) is 6.22. The van der Waals surface area contributed by atoms with Gasteiger partial charge in [0.2, 0.25) is 0 Å². The number of carbonyl (C=O) groups is 1. The van der Waals surface area contributed by atoms with E-state index in [0.717, 1.165) is 5.56 Å². The van der Waals surface area contributed by atoms with Crippen molar-refractivity contribution in [1.82, 2.24) is 4.98 Å². The first-order chi connectivity index (χ1) is 13.4. The number of sulfonamides is 1. The molecule has 0 spiro atoms. The maximum absolute atomic E-state index is 13.2. The van der Waals surface area contributed by atoms with Crippen LogP contribution in [0.4, 0.5) is 10.8 Å². The molecular formula is C19H17N3O4S2. The van der Waals surface area contributed by atoms with Gasteiger partial charge in [0.05, 0.1) is 17.1 Å². The van der Waals surface area contributed by atoms with Crippen molar-refractivity contribution in [2.75, 3.05) is 22.8 Å². The summed E-state index contributed by atoms with van der Waals surface area (Å²) in [4.78, 5) is 16.7. The summed E-state index contributed by atoms with van der Waals surface area (Å²) in [5.41, 5.74) is 1.52. The third-order valence-corrected chi connectivity index (χ3v) is 6.77. The van der Waals surface area contributed by atoms with Crippen LogP contribution in [0.2, 0.25) is 0 Å². The van der Waals surface area contributed by atoms with Crippen LogP contribution >= 0.6 is 11.3 Å². The summed E-state index contributed by atoms with van der Waals surface area (Å²) in [5, 5.41) is 4.93. The topological polar surface area (TPSA) is 88.6 Å². The SMILES string of the molecule is Cc1cccc(S(=O)(=O)N2CCOc3ccc(C(=O)Nc4nccs4)cc32)c1. The van der Waals surface area contributed by atoms with Gasteiger partial charge in [-0.25, -0.2) is 13.4 Å². The van der Waals surface area contributed by atoms with E-state index in [9.17, 15) is 13.2 Å². The largest absolute Gasteiger partial charge is 0.489 e. The predicted octanol–water partition coefficient (Wildman–Crippen LogP) is 3.29. The van der Waals surface area contributed by atoms with E-state index < -0.39 is 10.0 Å². The number of benzene rings is 2. The second-order valence-corrected chi connectivity index (χ2v) is 8.97. The molecule has 9 heteroatoms. The molecule has 0 saturated carbocycles. The fourth-order valence-electron chi connectivity index (χ4n) is 2.94. The van der Waals surface area contributed by atoms with Crippen molar-refractivity contribution in [3.63, 3.8) is 0 Å². The zero-order chi connectivity index (χ0) is 19.7. The van der Waals surface area contributed by atoms with Gasteiger partial charge in [-0.1, -0.05) is 12.1 Å². The smallest absolute Gasteiger partial charge is 0.264 e. The number of amides is 1. The first-order valence-electron chi connectivity index (χ1n) is 8.52. The van der Waals surface area contributed by atoms with E-state index in [0.29, 0.717) is 22.1 Å². The minimum absolute atomic E-state index is 0.167. The molecule has 0 aliphatic carbocycles. The number of ether oxygens (including phenoxy) is 1. The lowest BCUT2D eigenvalue weighted by Crippen LogP contribution is -2.38. The fraction of sp³-hybridized carbons (Fsp3) is 0.158. The second kappa shape index (κ2) is 7.25. The van der Waals surface area contributed by atoms with E-state index in [2.05, 4.69) is 10.3 Å². The van der Waals surface area contributed by atoms with Crippen LogP contribution in [-0.4, -0.2) is 32.5 Å². The number of hydrogen-bond acceptors (Lipinski definition) is 6. The van der Waals surface area contributed by atoms with Gasteiger partial charge in [-0.15, -0.1) is 11.3 Å². The Balaban J connectivity index is 1.71. The van der Waals surface area contributed by atoms with E-state index in [-0.39, 0.29) is 24.0 Å². The molecule has 1 aliphatic heterocycles. The summed E-state index contributed by atoms with van der Waals surface area (Å²) >= 11 is 1.30. The number of aromatic nitrogens is 1. The number of rotatable bonds is 4. The Labute approximate surface area is 166 Å². The molecule has 0 atom stereocenters. The average Bonchev–Trinajstić information content (AvgIpc) is 3.20. The van der Waals surface area contributed by atoms with Crippen LogP contribution in [0.1, 0.15) is 15.9 Å². The third kappa shape index (κ3) is 3.46. The molecule has 0 saturated heterocycles. The quantitative estimate of drug-likeness (QED) is 0.706. The summed E-state index contributed by atoms with van der Waals surface area (Å²) < 4.78 is 33.3. The van der Waals surface area contributed by atoms with E-state index >= 15 is 0 Å². The lowest BCUT2D eigenvalue weighted by atomic mass is 10.1. The van der Waals surface area contributed by atoms with E-state index in [4.69, 9.17) is 4.74 Å². The zero-order valence-electron chi connectivity index (χ0n) is 15.0. The maximum atomic E-state index is 13.2. The number of anilines is 2. The van der Waals surface area contributed by atoms with Crippen molar-refractivity contribution < 1.29 is 17.9 Å². The number of nitrogens with one attached hydrogen (secondary N) is 1. The standard InChI is InChI=1S/C19H17N3O4S2/c1-13-3-2-4-15(11-13)28(24,25)22-8-9-26-17-6-5-14(12-16(17)22)18(23)21-19-20-7-10-27-19/h2-7,10-12H,8-9H2,1H3,(H,20,21,23). The third-order valence-electron chi connectivity index (χ3n) is 4.27. The highest BCUT2D eigenvalue weighted by Crippen LogP contribution is 2.36. The van der Waals surface area contributed by atoms with Gasteiger partial charge in [0.15, 0.2) is 5.13 Å². The monoisotopic (exact) mass is 415 g/mol. The molecule has 1 N–H and O–H groups in total. The van der Waals surface area contributed by atoms with Gasteiger partial charge < -0.3 is 4.74 Å². The summed E-state index contributed by atoms with van der Waals surface area (Å²) in [6.07, 6.45) is 1.59. The summed E-state index contributed by atoms with van der Waals surface area (Å²) in [7, 11) is -3.78. The lowest BCUT2D eigenvalue weighted by Gasteiger charge is -2.30. The number of thiazole rings is 1. The molecule has 1 amide bonds. The van der Waals surface area contributed by atoms with E-state index in [1.165, 1.54) is 21.7 Å². The van der Waals surface area contributed by atoms with Gasteiger partial charge in [0, 0.05) is 17.1 Å². The molecular weight excluding hydrogens is 398 g/mol. The molecule has 1 aliphatic rings. The normalized spacial score (nSPS) is 13.5. The van der Waals surface area contributed by atoms with Crippen molar-refractivity contribution >= 4 is 38.1 Å². The first-order valence-corrected chi connectivity index (χ1v) is 10.8. The molecule has 7 nitrogen and oxygen atoms in total. The van der Waals surface area contributed by atoms with Gasteiger partial charge in [0.1, 0.15) is 12.4 Å². The summed E-state index contributed by atoms with van der Waals surface area (Å²) in [5.74, 6) is 0.0597. The molecule has 0 bridgehead atoms. The summed E-state index contributed by atoms with van der Waals surface area (Å²) in [6, 6.07) is 11.5. The Bertz CT molecular complexity index is 1130. The molecule has 2 heterocycles. The molecule has 28 heavy (non-hydrogen) atoms. The van der Waals surface area contributed by atoms with Gasteiger partial charge in [0.25, 0.3) is 15.9 Å².